The average molecular weight is 348 g/mol. The molecule has 1 N–H and O–H groups in total. The molecule has 0 aliphatic rings. The van der Waals surface area contributed by atoms with Crippen LogP contribution in [0, 0.1) is 12.8 Å². The van der Waals surface area contributed by atoms with Crippen molar-refractivity contribution >= 4 is 28.3 Å². The van der Waals surface area contributed by atoms with Crippen LogP contribution in [0.1, 0.15) is 35.3 Å². The standard InChI is InChI=1S/C22H24N2O2/c1-14(2)21(25)12-16-9-10-19(15(3)11-16)23-22(26)18-13-24(4)20-8-6-5-7-17(18)20/h5-11,13-14H,12H2,1-4H3,(H,23,26). The first-order valence-corrected chi connectivity index (χ1v) is 8.84. The van der Waals surface area contributed by atoms with Gasteiger partial charge in [-0.1, -0.05) is 44.2 Å². The number of benzene rings is 2. The van der Waals surface area contributed by atoms with E-state index in [9.17, 15) is 9.59 Å². The lowest BCUT2D eigenvalue weighted by Gasteiger charge is -2.11. The van der Waals surface area contributed by atoms with Gasteiger partial charge in [0.15, 0.2) is 0 Å². The minimum Gasteiger partial charge on any atom is -0.350 e. The molecule has 0 bridgehead atoms. The monoisotopic (exact) mass is 348 g/mol. The smallest absolute Gasteiger partial charge is 0.257 e. The summed E-state index contributed by atoms with van der Waals surface area (Å²) in [5.74, 6) is 0.119. The fraction of sp³-hybridized carbons (Fsp3) is 0.273. The molecule has 0 saturated carbocycles. The molecule has 0 saturated heterocycles. The molecular weight excluding hydrogens is 324 g/mol. The van der Waals surface area contributed by atoms with Gasteiger partial charge in [-0.05, 0) is 30.2 Å². The highest BCUT2D eigenvalue weighted by atomic mass is 16.1. The van der Waals surface area contributed by atoms with Crippen molar-refractivity contribution in [3.63, 3.8) is 0 Å². The van der Waals surface area contributed by atoms with Crippen molar-refractivity contribution in [3.05, 3.63) is 65.4 Å². The number of nitrogens with one attached hydrogen (secondary N) is 1. The molecule has 1 amide bonds. The molecular formula is C22H24N2O2. The lowest BCUT2D eigenvalue weighted by atomic mass is 9.99. The fourth-order valence-electron chi connectivity index (χ4n) is 3.09. The molecule has 0 unspecified atom stereocenters. The molecule has 134 valence electrons. The van der Waals surface area contributed by atoms with E-state index in [1.807, 2.05) is 81.0 Å². The van der Waals surface area contributed by atoms with Crippen LogP contribution in [0.25, 0.3) is 10.9 Å². The molecule has 0 atom stereocenters. The summed E-state index contributed by atoms with van der Waals surface area (Å²) >= 11 is 0. The number of aromatic nitrogens is 1. The van der Waals surface area contributed by atoms with Gasteiger partial charge >= 0.3 is 0 Å². The van der Waals surface area contributed by atoms with Crippen molar-refractivity contribution in [1.29, 1.82) is 0 Å². The third-order valence-electron chi connectivity index (χ3n) is 4.70. The number of carbonyl (C=O) groups is 2. The molecule has 0 radical (unpaired) electrons. The van der Waals surface area contributed by atoms with E-state index >= 15 is 0 Å². The van der Waals surface area contributed by atoms with Crippen LogP contribution in [0.2, 0.25) is 0 Å². The zero-order valence-corrected chi connectivity index (χ0v) is 15.7. The van der Waals surface area contributed by atoms with Gasteiger partial charge < -0.3 is 9.88 Å². The van der Waals surface area contributed by atoms with E-state index in [1.165, 1.54) is 0 Å². The normalized spacial score (nSPS) is 11.1. The first-order valence-electron chi connectivity index (χ1n) is 8.84. The van der Waals surface area contributed by atoms with Crippen molar-refractivity contribution in [2.45, 2.75) is 27.2 Å². The van der Waals surface area contributed by atoms with Crippen LogP contribution in [-0.2, 0) is 18.3 Å². The van der Waals surface area contributed by atoms with Crippen LogP contribution in [0.4, 0.5) is 5.69 Å². The van der Waals surface area contributed by atoms with Gasteiger partial charge in [-0.3, -0.25) is 9.59 Å². The molecule has 2 aromatic carbocycles. The predicted octanol–water partition coefficient (Wildman–Crippen LogP) is 4.51. The molecule has 4 nitrogen and oxygen atoms in total. The highest BCUT2D eigenvalue weighted by Gasteiger charge is 2.15. The number of amides is 1. The minimum atomic E-state index is -0.129. The number of Topliss-reactive ketones (excluding diaryl/α,β-unsaturated/α-hetero) is 1. The summed E-state index contributed by atoms with van der Waals surface area (Å²) in [4.78, 5) is 24.7. The molecule has 0 fully saturated rings. The van der Waals surface area contributed by atoms with E-state index in [2.05, 4.69) is 5.32 Å². The number of para-hydroxylation sites is 1. The summed E-state index contributed by atoms with van der Waals surface area (Å²) in [5, 5.41) is 3.93. The van der Waals surface area contributed by atoms with Gasteiger partial charge in [0.2, 0.25) is 0 Å². The fourth-order valence-corrected chi connectivity index (χ4v) is 3.09. The minimum absolute atomic E-state index is 0.0287. The maximum absolute atomic E-state index is 12.8. The zero-order valence-electron chi connectivity index (χ0n) is 15.7. The maximum Gasteiger partial charge on any atom is 0.257 e. The molecule has 1 heterocycles. The van der Waals surface area contributed by atoms with Gasteiger partial charge in [0.25, 0.3) is 5.91 Å². The number of fused-ring (bicyclic) bond motifs is 1. The summed E-state index contributed by atoms with van der Waals surface area (Å²) in [6, 6.07) is 13.6. The van der Waals surface area contributed by atoms with Crippen LogP contribution in [0.5, 0.6) is 0 Å². The number of hydrogen-bond donors (Lipinski definition) is 1. The highest BCUT2D eigenvalue weighted by molar-refractivity contribution is 6.13. The largest absolute Gasteiger partial charge is 0.350 e. The lowest BCUT2D eigenvalue weighted by Crippen LogP contribution is -2.13. The SMILES string of the molecule is Cc1cc(CC(=O)C(C)C)ccc1NC(=O)c1cn(C)c2ccccc12. The van der Waals surface area contributed by atoms with Gasteiger partial charge in [-0.25, -0.2) is 0 Å². The van der Waals surface area contributed by atoms with E-state index < -0.39 is 0 Å². The highest BCUT2D eigenvalue weighted by Crippen LogP contribution is 2.23. The van der Waals surface area contributed by atoms with Crippen LogP contribution in [0.3, 0.4) is 0 Å². The van der Waals surface area contributed by atoms with Gasteiger partial charge in [0.05, 0.1) is 5.56 Å². The first kappa shape index (κ1) is 17.9. The molecule has 26 heavy (non-hydrogen) atoms. The topological polar surface area (TPSA) is 51.1 Å². The molecule has 4 heteroatoms. The Kier molecular flexibility index (Phi) is 4.94. The Morgan fingerprint density at radius 1 is 1.12 bits per heavy atom. The van der Waals surface area contributed by atoms with Crippen molar-refractivity contribution < 1.29 is 9.59 Å². The van der Waals surface area contributed by atoms with E-state index in [1.54, 1.807) is 0 Å². The molecule has 0 aliphatic carbocycles. The third kappa shape index (κ3) is 3.54. The van der Waals surface area contributed by atoms with Crippen molar-refractivity contribution in [3.8, 4) is 0 Å². The van der Waals surface area contributed by atoms with E-state index in [-0.39, 0.29) is 17.6 Å². The Morgan fingerprint density at radius 3 is 2.54 bits per heavy atom. The number of aryl methyl sites for hydroxylation is 2. The quantitative estimate of drug-likeness (QED) is 0.738. The summed E-state index contributed by atoms with van der Waals surface area (Å²) in [6.45, 7) is 5.77. The third-order valence-corrected chi connectivity index (χ3v) is 4.70. The number of hydrogen-bond acceptors (Lipinski definition) is 2. The molecule has 0 spiro atoms. The Bertz CT molecular complexity index is 983. The van der Waals surface area contributed by atoms with Crippen molar-refractivity contribution in [1.82, 2.24) is 4.57 Å². The molecule has 0 aliphatic heterocycles. The number of ketones is 1. The number of anilines is 1. The Hall–Kier alpha value is -2.88. The second kappa shape index (κ2) is 7.16. The van der Waals surface area contributed by atoms with Gasteiger partial charge in [-0.2, -0.15) is 0 Å². The Balaban J connectivity index is 1.82. The summed E-state index contributed by atoms with van der Waals surface area (Å²) in [7, 11) is 1.94. The molecule has 3 rings (SSSR count). The van der Waals surface area contributed by atoms with Gasteiger partial charge in [0.1, 0.15) is 5.78 Å². The van der Waals surface area contributed by atoms with E-state index in [4.69, 9.17) is 0 Å². The summed E-state index contributed by atoms with van der Waals surface area (Å²) in [5.41, 5.74) is 4.37. The molecule has 1 aromatic heterocycles. The summed E-state index contributed by atoms with van der Waals surface area (Å²) < 4.78 is 1.96. The van der Waals surface area contributed by atoms with Gasteiger partial charge in [0, 0.05) is 42.2 Å². The number of nitrogens with zero attached hydrogens (tertiary/aromatic N) is 1. The van der Waals surface area contributed by atoms with Crippen molar-refractivity contribution in [2.24, 2.45) is 13.0 Å². The number of rotatable bonds is 5. The lowest BCUT2D eigenvalue weighted by molar-refractivity contribution is -0.121. The van der Waals surface area contributed by atoms with Crippen molar-refractivity contribution in [2.75, 3.05) is 5.32 Å². The second-order valence-corrected chi connectivity index (χ2v) is 7.07. The zero-order chi connectivity index (χ0) is 18.8. The maximum atomic E-state index is 12.8. The average Bonchev–Trinajstić information content (AvgIpc) is 2.94. The van der Waals surface area contributed by atoms with E-state index in [0.29, 0.717) is 12.0 Å². The van der Waals surface area contributed by atoms with Crippen LogP contribution in [0.15, 0.2) is 48.7 Å². The molecule has 3 aromatic rings. The summed E-state index contributed by atoms with van der Waals surface area (Å²) in [6.07, 6.45) is 2.28. The Labute approximate surface area is 153 Å². The second-order valence-electron chi connectivity index (χ2n) is 7.07. The Morgan fingerprint density at radius 2 is 1.85 bits per heavy atom. The predicted molar refractivity (Wildman–Crippen MR) is 106 cm³/mol. The van der Waals surface area contributed by atoms with Crippen LogP contribution < -0.4 is 5.32 Å². The van der Waals surface area contributed by atoms with Crippen LogP contribution >= 0.6 is 0 Å². The van der Waals surface area contributed by atoms with Crippen LogP contribution in [-0.4, -0.2) is 16.3 Å². The van der Waals surface area contributed by atoms with Gasteiger partial charge in [-0.15, -0.1) is 0 Å². The van der Waals surface area contributed by atoms with E-state index in [0.717, 1.165) is 27.7 Å². The first-order chi connectivity index (χ1) is 12.4. The number of carbonyl (C=O) groups excluding carboxylic acids is 2.